The Labute approximate surface area is 556 Å². The minimum absolute atomic E-state index is 0.123. The Morgan fingerprint density at radius 2 is 0.354 bits per heavy atom. The van der Waals surface area contributed by atoms with Crippen molar-refractivity contribution >= 4 is 17.3 Å². The number of hydrogen-bond acceptors (Lipinski definition) is 9. The van der Waals surface area contributed by atoms with Crippen molar-refractivity contribution in [3.63, 3.8) is 0 Å². The summed E-state index contributed by atoms with van der Waals surface area (Å²) in [6.45, 7) is 0. The van der Waals surface area contributed by atoms with Crippen LogP contribution in [0.25, 0.3) is 0 Å². The maximum atomic E-state index is 13.6. The molecule has 0 saturated carbocycles. The topological polar surface area (TPSA) is 107 Å². The first-order valence-corrected chi connectivity index (χ1v) is 30.7. The summed E-state index contributed by atoms with van der Waals surface area (Å²) in [5.41, 5.74) is 8.17. The lowest BCUT2D eigenvalue weighted by molar-refractivity contribution is 0.103. The highest BCUT2D eigenvalue weighted by Crippen LogP contribution is 2.32. The summed E-state index contributed by atoms with van der Waals surface area (Å²) in [6, 6.07) is 98.9. The molecule has 13 aromatic carbocycles. The number of carbonyl (C=O) groups excluding carboxylic acids is 3. The Morgan fingerprint density at radius 1 is 0.167 bits per heavy atom. The van der Waals surface area contributed by atoms with Gasteiger partial charge in [-0.3, -0.25) is 14.4 Å². The molecule has 0 radical (unpaired) electrons. The molecule has 456 valence electrons. The van der Waals surface area contributed by atoms with Crippen molar-refractivity contribution < 1.29 is 42.8 Å². The van der Waals surface area contributed by atoms with Gasteiger partial charge in [-0.15, -0.1) is 0 Å². The second-order valence-corrected chi connectivity index (χ2v) is 21.8. The van der Waals surface area contributed by atoms with Crippen molar-refractivity contribution in [1.29, 1.82) is 0 Å². The van der Waals surface area contributed by atoms with Crippen LogP contribution in [0.15, 0.2) is 328 Å². The van der Waals surface area contributed by atoms with Gasteiger partial charge in [0.05, 0.1) is 0 Å². The van der Waals surface area contributed by atoms with Gasteiger partial charge >= 0.3 is 0 Å². The molecule has 96 heavy (non-hydrogen) atoms. The normalized spacial score (nSPS) is 10.4. The minimum atomic E-state index is -0.152. The fourth-order valence-corrected chi connectivity index (χ4v) is 9.96. The van der Waals surface area contributed by atoms with Gasteiger partial charge < -0.3 is 28.4 Å². The number of benzene rings is 13. The fourth-order valence-electron chi connectivity index (χ4n) is 9.96. The number of hydrogen-bond donors (Lipinski definition) is 0. The van der Waals surface area contributed by atoms with E-state index in [1.165, 1.54) is 0 Å². The molecule has 13 aromatic rings. The predicted octanol–water partition coefficient (Wildman–Crippen LogP) is 20.3. The largest absolute Gasteiger partial charge is 0.457 e. The summed E-state index contributed by atoms with van der Waals surface area (Å²) in [5.74, 6) is 25.7. The quantitative estimate of drug-likeness (QED) is 0.0613. The molecule has 0 atom stereocenters. The molecule has 0 aliphatic heterocycles. The van der Waals surface area contributed by atoms with Crippen molar-refractivity contribution in [2.24, 2.45) is 0 Å². The summed E-state index contributed by atoms with van der Waals surface area (Å²) in [5, 5.41) is 0. The molecule has 0 fully saturated rings. The van der Waals surface area contributed by atoms with Crippen LogP contribution in [0, 0.1) is 35.5 Å². The number of ketones is 3. The van der Waals surface area contributed by atoms with E-state index in [4.69, 9.17) is 28.4 Å². The number of carbonyl (C=O) groups is 3. The second kappa shape index (κ2) is 29.5. The van der Waals surface area contributed by atoms with E-state index in [1.807, 2.05) is 176 Å². The van der Waals surface area contributed by atoms with E-state index in [9.17, 15) is 14.4 Å². The Hall–Kier alpha value is -13.7. The molecule has 0 amide bonds. The van der Waals surface area contributed by atoms with Crippen LogP contribution in [0.1, 0.15) is 81.1 Å². The SMILES string of the molecule is O=C(c1ccc(Oc2cccc(C#Cc3ccccc3)c2)cc1)c1ccc(Oc2cccc(C#Cc3ccc(Oc4ccc(C(=O)c5ccc(Oc6cccc(Oc7ccc(C(=O)c8ccc(Oc9cccc(C#Cc%10ccccc%10)c9)cc8)cc7)c6)cc5)cc4)cc3)c2)cc1. The second-order valence-electron chi connectivity index (χ2n) is 21.8. The monoisotopic (exact) mass is 1240 g/mol. The van der Waals surface area contributed by atoms with Crippen LogP contribution in [0.2, 0.25) is 0 Å². The molecule has 9 heteroatoms. The Morgan fingerprint density at radius 3 is 0.615 bits per heavy atom. The first-order chi connectivity index (χ1) is 47.2. The Bertz CT molecular complexity index is 5110. The summed E-state index contributed by atoms with van der Waals surface area (Å²) in [4.78, 5) is 40.4. The van der Waals surface area contributed by atoms with Crippen LogP contribution in [0.3, 0.4) is 0 Å². The van der Waals surface area contributed by atoms with Gasteiger partial charge in [0, 0.05) is 72.8 Å². The third-order valence-corrected chi connectivity index (χ3v) is 14.9. The van der Waals surface area contributed by atoms with Gasteiger partial charge in [-0.2, -0.15) is 0 Å². The molecule has 0 N–H and O–H groups in total. The van der Waals surface area contributed by atoms with Crippen molar-refractivity contribution in [2.75, 3.05) is 0 Å². The zero-order chi connectivity index (χ0) is 65.3. The van der Waals surface area contributed by atoms with E-state index < -0.39 is 0 Å². The maximum Gasteiger partial charge on any atom is 0.193 e. The van der Waals surface area contributed by atoms with Crippen LogP contribution < -0.4 is 28.4 Å². The van der Waals surface area contributed by atoms with E-state index >= 15 is 0 Å². The van der Waals surface area contributed by atoms with Gasteiger partial charge in [-0.05, 0) is 261 Å². The van der Waals surface area contributed by atoms with Crippen molar-refractivity contribution in [2.45, 2.75) is 0 Å². The van der Waals surface area contributed by atoms with Gasteiger partial charge in [-0.25, -0.2) is 0 Å². The first-order valence-electron chi connectivity index (χ1n) is 30.7. The molecule has 9 nitrogen and oxygen atoms in total. The average Bonchev–Trinajstić information content (AvgIpc) is 1.02. The van der Waals surface area contributed by atoms with Crippen molar-refractivity contribution in [3.05, 3.63) is 394 Å². The Kier molecular flexibility index (Phi) is 18.8. The summed E-state index contributed by atoms with van der Waals surface area (Å²) in [7, 11) is 0. The van der Waals surface area contributed by atoms with E-state index in [2.05, 4.69) is 35.5 Å². The van der Waals surface area contributed by atoms with Gasteiger partial charge in [0.15, 0.2) is 17.3 Å². The lowest BCUT2D eigenvalue weighted by atomic mass is 10.0. The molecule has 0 saturated heterocycles. The molecule has 0 unspecified atom stereocenters. The molecule has 13 rings (SSSR count). The van der Waals surface area contributed by atoms with Crippen LogP contribution >= 0.6 is 0 Å². The number of ether oxygens (including phenoxy) is 6. The molecule has 0 aliphatic carbocycles. The van der Waals surface area contributed by atoms with Crippen LogP contribution in [-0.2, 0) is 0 Å². The molecule has 0 spiro atoms. The molecule has 0 heterocycles. The van der Waals surface area contributed by atoms with Gasteiger partial charge in [0.1, 0.15) is 69.0 Å². The molecule has 0 aliphatic rings. The van der Waals surface area contributed by atoms with E-state index in [0.717, 1.165) is 33.4 Å². The predicted molar refractivity (Wildman–Crippen MR) is 372 cm³/mol. The lowest BCUT2D eigenvalue weighted by Gasteiger charge is -2.10. The summed E-state index contributed by atoms with van der Waals surface area (Å²) < 4.78 is 36.7. The van der Waals surface area contributed by atoms with Crippen molar-refractivity contribution in [3.8, 4) is 105 Å². The van der Waals surface area contributed by atoms with E-state index in [-0.39, 0.29) is 17.3 Å². The number of rotatable bonds is 18. The smallest absolute Gasteiger partial charge is 0.193 e. The molecular weight excluding hydrogens is 1190 g/mol. The summed E-state index contributed by atoms with van der Waals surface area (Å²) in [6.07, 6.45) is 0. The Balaban J connectivity index is 0.544. The molecule has 0 aromatic heterocycles. The highest BCUT2D eigenvalue weighted by atomic mass is 16.5. The maximum absolute atomic E-state index is 13.6. The highest BCUT2D eigenvalue weighted by molar-refractivity contribution is 6.10. The van der Waals surface area contributed by atoms with Crippen molar-refractivity contribution in [1.82, 2.24) is 0 Å². The third-order valence-electron chi connectivity index (χ3n) is 14.9. The zero-order valence-electron chi connectivity index (χ0n) is 51.4. The fraction of sp³-hybridized carbons (Fsp3) is 0. The van der Waals surface area contributed by atoms with E-state index in [1.54, 1.807) is 152 Å². The third kappa shape index (κ3) is 16.5. The average molecular weight is 1240 g/mol. The lowest BCUT2D eigenvalue weighted by Crippen LogP contribution is -2.01. The van der Waals surface area contributed by atoms with E-state index in [0.29, 0.717) is 102 Å². The molecular formula is C87H54O9. The van der Waals surface area contributed by atoms with Gasteiger partial charge in [0.2, 0.25) is 0 Å². The van der Waals surface area contributed by atoms with Gasteiger partial charge in [0.25, 0.3) is 0 Å². The van der Waals surface area contributed by atoms with Crippen LogP contribution in [-0.4, -0.2) is 17.3 Å². The first kappa shape index (κ1) is 61.2. The minimum Gasteiger partial charge on any atom is -0.457 e. The summed E-state index contributed by atoms with van der Waals surface area (Å²) >= 11 is 0. The molecule has 0 bridgehead atoms. The zero-order valence-corrected chi connectivity index (χ0v) is 51.4. The van der Waals surface area contributed by atoms with Gasteiger partial charge in [-0.1, -0.05) is 96.2 Å². The van der Waals surface area contributed by atoms with Crippen LogP contribution in [0.5, 0.6) is 69.0 Å². The standard InChI is InChI=1S/C87H54O9/c88-85(71-39-53-78(54-40-71)95-83-21-10-22-84(60-83)96-79-55-41-72(42-56-79)87(90)70-37-49-76(50-38-70)93-81-19-8-16-65(58-81)27-24-62-13-5-2-6-14-62)67-31-45-74(46-32-67)91-73-43-29-63(30-44-73)25-28-66-17-9-20-82(59-66)94-77-51-35-69(36-52-77)86(89)68-33-47-75(48-34-68)92-80-18-7-15-64(57-80)26-23-61-11-3-1-4-12-61/h1-22,29-60H. The van der Waals surface area contributed by atoms with Crippen LogP contribution in [0.4, 0.5) is 0 Å². The highest BCUT2D eigenvalue weighted by Gasteiger charge is 2.15.